The van der Waals surface area contributed by atoms with Crippen LogP contribution in [0.1, 0.15) is 21.4 Å². The molecule has 1 atom stereocenters. The van der Waals surface area contributed by atoms with Gasteiger partial charge in [0, 0.05) is 18.7 Å². The van der Waals surface area contributed by atoms with E-state index in [1.807, 2.05) is 18.2 Å². The lowest BCUT2D eigenvalue weighted by Crippen LogP contribution is -2.10. The molecule has 2 N–H and O–H groups in total. The van der Waals surface area contributed by atoms with Crippen molar-refractivity contribution in [3.05, 3.63) is 53.6 Å². The minimum Gasteiger partial charge on any atom is -0.320 e. The van der Waals surface area contributed by atoms with Gasteiger partial charge in [0.15, 0.2) is 0 Å². The molecule has 0 saturated carbocycles. The third-order valence-electron chi connectivity index (χ3n) is 2.49. The fourth-order valence-corrected chi connectivity index (χ4v) is 3.61. The number of aryl methyl sites for hydroxylation is 1. The average molecular weight is 396 g/mol. The number of benzene rings is 1. The molecule has 1 unspecified atom stereocenters. The van der Waals surface area contributed by atoms with Gasteiger partial charge in [-0.1, -0.05) is 17.7 Å². The Hall–Kier alpha value is 0.130. The molecule has 0 spiro atoms. The van der Waals surface area contributed by atoms with Gasteiger partial charge in [-0.05, 0) is 62.5 Å². The van der Waals surface area contributed by atoms with E-state index >= 15 is 0 Å². The summed E-state index contributed by atoms with van der Waals surface area (Å²) in [5, 5.41) is 0.699. The van der Waals surface area contributed by atoms with Gasteiger partial charge in [0.05, 0.1) is 11.1 Å². The zero-order chi connectivity index (χ0) is 12.6. The van der Waals surface area contributed by atoms with Crippen LogP contribution >= 0.6 is 54.8 Å². The van der Waals surface area contributed by atoms with E-state index < -0.39 is 0 Å². The van der Waals surface area contributed by atoms with Crippen LogP contribution in [0.5, 0.6) is 0 Å². The van der Waals surface area contributed by atoms with E-state index in [4.69, 9.17) is 17.3 Å². The van der Waals surface area contributed by atoms with Crippen LogP contribution in [0, 0.1) is 6.92 Å². The molecule has 17 heavy (non-hydrogen) atoms. The van der Waals surface area contributed by atoms with Gasteiger partial charge in [0.1, 0.15) is 0 Å². The number of hydrogen-bond acceptors (Lipinski definition) is 2. The molecule has 0 fully saturated rings. The minimum atomic E-state index is -0.112. The van der Waals surface area contributed by atoms with Crippen LogP contribution in [0.4, 0.5) is 0 Å². The molecule has 1 aromatic heterocycles. The maximum absolute atomic E-state index is 6.24. The summed E-state index contributed by atoms with van der Waals surface area (Å²) in [6, 6.07) is 7.75. The van der Waals surface area contributed by atoms with E-state index in [2.05, 4.69) is 44.8 Å². The van der Waals surface area contributed by atoms with Crippen LogP contribution in [-0.4, -0.2) is 0 Å². The number of rotatable bonds is 2. The summed E-state index contributed by atoms with van der Waals surface area (Å²) in [6.45, 7) is 2.07. The number of thiophene rings is 1. The molecule has 0 radical (unpaired) electrons. The maximum Gasteiger partial charge on any atom is 0.0646 e. The van der Waals surface area contributed by atoms with E-state index in [0.29, 0.717) is 5.02 Å². The Morgan fingerprint density at radius 3 is 2.47 bits per heavy atom. The normalized spacial score (nSPS) is 12.8. The molecule has 1 nitrogen and oxygen atoms in total. The molecule has 0 saturated heterocycles. The molecule has 0 aliphatic carbocycles. The molecule has 2 rings (SSSR count). The van der Waals surface area contributed by atoms with E-state index in [-0.39, 0.29) is 6.04 Å². The summed E-state index contributed by atoms with van der Waals surface area (Å²) in [5.74, 6) is 0. The summed E-state index contributed by atoms with van der Waals surface area (Å²) in [7, 11) is 0. The van der Waals surface area contributed by atoms with Crippen LogP contribution < -0.4 is 5.73 Å². The fraction of sp³-hybridized carbons (Fsp3) is 0.167. The number of halogens is 3. The highest BCUT2D eigenvalue weighted by molar-refractivity contribution is 9.10. The molecule has 90 valence electrons. The second kappa shape index (κ2) is 5.41. The zero-order valence-corrected chi connectivity index (χ0v) is 13.8. The van der Waals surface area contributed by atoms with Crippen molar-refractivity contribution in [1.82, 2.24) is 0 Å². The van der Waals surface area contributed by atoms with Crippen LogP contribution in [0.15, 0.2) is 33.2 Å². The number of hydrogen-bond donors (Lipinski definition) is 1. The number of nitrogens with two attached hydrogens (primary N) is 1. The van der Waals surface area contributed by atoms with E-state index in [9.17, 15) is 0 Å². The van der Waals surface area contributed by atoms with Crippen LogP contribution in [0.3, 0.4) is 0 Å². The standard InChI is InChI=1S/C12H10Br2ClNS/c1-6-8(13)5-11(17-6)12(16)7-2-3-10(15)9(14)4-7/h2-5,12H,16H2,1H3. The van der Waals surface area contributed by atoms with E-state index in [1.165, 1.54) is 4.88 Å². The lowest BCUT2D eigenvalue weighted by Gasteiger charge is -2.10. The zero-order valence-electron chi connectivity index (χ0n) is 9.01. The Morgan fingerprint density at radius 1 is 1.24 bits per heavy atom. The van der Waals surface area contributed by atoms with Gasteiger partial charge in [-0.2, -0.15) is 0 Å². The molecule has 0 bridgehead atoms. The molecule has 1 heterocycles. The SMILES string of the molecule is Cc1sc(C(N)c2ccc(Cl)c(Br)c2)cc1Br. The van der Waals surface area contributed by atoms with Crippen molar-refractivity contribution in [1.29, 1.82) is 0 Å². The van der Waals surface area contributed by atoms with E-state index in [1.54, 1.807) is 11.3 Å². The molecule has 2 aromatic rings. The van der Waals surface area contributed by atoms with Crippen molar-refractivity contribution >= 4 is 54.8 Å². The second-order valence-corrected chi connectivity index (χ2v) is 7.11. The second-order valence-electron chi connectivity index (χ2n) is 3.70. The largest absolute Gasteiger partial charge is 0.320 e. The monoisotopic (exact) mass is 393 g/mol. The Morgan fingerprint density at radius 2 is 1.94 bits per heavy atom. The third-order valence-corrected chi connectivity index (χ3v) is 5.92. The van der Waals surface area contributed by atoms with Gasteiger partial charge in [0.25, 0.3) is 0 Å². The lowest BCUT2D eigenvalue weighted by atomic mass is 10.1. The Labute approximate surface area is 126 Å². The van der Waals surface area contributed by atoms with Crippen molar-refractivity contribution < 1.29 is 0 Å². The highest BCUT2D eigenvalue weighted by Crippen LogP contribution is 2.34. The topological polar surface area (TPSA) is 26.0 Å². The van der Waals surface area contributed by atoms with Crippen molar-refractivity contribution in [2.45, 2.75) is 13.0 Å². The lowest BCUT2D eigenvalue weighted by molar-refractivity contribution is 0.892. The van der Waals surface area contributed by atoms with Crippen LogP contribution in [-0.2, 0) is 0 Å². The van der Waals surface area contributed by atoms with Gasteiger partial charge < -0.3 is 5.73 Å². The van der Waals surface area contributed by atoms with Gasteiger partial charge in [-0.3, -0.25) is 0 Å². The summed E-state index contributed by atoms with van der Waals surface area (Å²) >= 11 is 14.6. The summed E-state index contributed by atoms with van der Waals surface area (Å²) < 4.78 is 1.99. The predicted molar refractivity (Wildman–Crippen MR) is 81.9 cm³/mol. The van der Waals surface area contributed by atoms with E-state index in [0.717, 1.165) is 19.4 Å². The van der Waals surface area contributed by atoms with Crippen molar-refractivity contribution in [3.63, 3.8) is 0 Å². The van der Waals surface area contributed by atoms with Crippen LogP contribution in [0.2, 0.25) is 5.02 Å². The van der Waals surface area contributed by atoms with Gasteiger partial charge >= 0.3 is 0 Å². The Kier molecular flexibility index (Phi) is 4.31. The fourth-order valence-electron chi connectivity index (χ4n) is 1.50. The van der Waals surface area contributed by atoms with Gasteiger partial charge in [-0.25, -0.2) is 0 Å². The molecule has 0 amide bonds. The first-order valence-corrected chi connectivity index (χ1v) is 7.73. The first kappa shape index (κ1) is 13.6. The quantitative estimate of drug-likeness (QED) is 0.735. The van der Waals surface area contributed by atoms with Crippen molar-refractivity contribution in [2.75, 3.05) is 0 Å². The average Bonchev–Trinajstić information content (AvgIpc) is 2.62. The Bertz CT molecular complexity index is 534. The van der Waals surface area contributed by atoms with Crippen molar-refractivity contribution in [2.24, 2.45) is 5.73 Å². The highest BCUT2D eigenvalue weighted by Gasteiger charge is 2.14. The first-order chi connectivity index (χ1) is 7.99. The summed E-state index contributed by atoms with van der Waals surface area (Å²) in [6.07, 6.45) is 0. The summed E-state index contributed by atoms with van der Waals surface area (Å²) in [4.78, 5) is 2.38. The third kappa shape index (κ3) is 2.93. The van der Waals surface area contributed by atoms with Gasteiger partial charge in [0.2, 0.25) is 0 Å². The van der Waals surface area contributed by atoms with Crippen molar-refractivity contribution in [3.8, 4) is 0 Å². The predicted octanol–water partition coefficient (Wildman–Crippen LogP) is 5.28. The maximum atomic E-state index is 6.24. The summed E-state index contributed by atoms with van der Waals surface area (Å²) in [5.41, 5.74) is 7.29. The molecule has 1 aromatic carbocycles. The highest BCUT2D eigenvalue weighted by atomic mass is 79.9. The minimum absolute atomic E-state index is 0.112. The molecule has 0 aliphatic heterocycles. The first-order valence-electron chi connectivity index (χ1n) is 4.95. The molecule has 0 aliphatic rings. The Balaban J connectivity index is 2.36. The van der Waals surface area contributed by atoms with Gasteiger partial charge in [-0.15, -0.1) is 11.3 Å². The molecular formula is C12H10Br2ClNS. The smallest absolute Gasteiger partial charge is 0.0646 e. The molecular weight excluding hydrogens is 385 g/mol. The van der Waals surface area contributed by atoms with Crippen LogP contribution in [0.25, 0.3) is 0 Å². The molecule has 5 heteroatoms.